The van der Waals surface area contributed by atoms with Crippen LogP contribution in [0.4, 0.5) is 5.69 Å². The Kier molecular flexibility index (Phi) is 5.07. The molecule has 0 atom stereocenters. The molecule has 0 radical (unpaired) electrons. The number of anilines is 1. The van der Waals surface area contributed by atoms with E-state index in [0.29, 0.717) is 10.9 Å². The molecule has 1 saturated heterocycles. The number of halogens is 1. The molecule has 5 nitrogen and oxygen atoms in total. The zero-order chi connectivity index (χ0) is 15.4. The summed E-state index contributed by atoms with van der Waals surface area (Å²) in [5.41, 5.74) is 6.16. The van der Waals surface area contributed by atoms with Gasteiger partial charge in [0.05, 0.1) is 5.56 Å². The van der Waals surface area contributed by atoms with E-state index in [1.165, 1.54) is 12.1 Å². The summed E-state index contributed by atoms with van der Waals surface area (Å²) in [6.07, 6.45) is 1.97. The highest BCUT2D eigenvalue weighted by molar-refractivity contribution is 6.31. The van der Waals surface area contributed by atoms with Crippen LogP contribution in [0.3, 0.4) is 0 Å². The van der Waals surface area contributed by atoms with Crippen molar-refractivity contribution >= 4 is 29.2 Å². The molecule has 0 aliphatic carbocycles. The molecule has 1 fully saturated rings. The van der Waals surface area contributed by atoms with Crippen molar-refractivity contribution in [2.75, 3.05) is 25.4 Å². The number of carbonyl (C=O) groups excluding carboxylic acids is 2. The molecule has 0 unspecified atom stereocenters. The van der Waals surface area contributed by atoms with Crippen LogP contribution in [0.2, 0.25) is 5.02 Å². The van der Waals surface area contributed by atoms with Gasteiger partial charge in [0.25, 0.3) is 5.91 Å². The van der Waals surface area contributed by atoms with Gasteiger partial charge in [0, 0.05) is 23.8 Å². The first-order valence-corrected chi connectivity index (χ1v) is 7.35. The normalized spacial score (nSPS) is 15.8. The molecule has 0 saturated carbocycles. The molecule has 1 aromatic carbocycles. The maximum atomic E-state index is 12.0. The summed E-state index contributed by atoms with van der Waals surface area (Å²) in [4.78, 5) is 25.6. The summed E-state index contributed by atoms with van der Waals surface area (Å²) in [5.74, 6) is -0.160. The van der Waals surface area contributed by atoms with Gasteiger partial charge in [0.15, 0.2) is 6.61 Å². The Morgan fingerprint density at radius 1 is 1.38 bits per heavy atom. The van der Waals surface area contributed by atoms with Crippen LogP contribution in [0, 0.1) is 5.92 Å². The second-order valence-electron chi connectivity index (χ2n) is 5.37. The number of nitrogens with zero attached hydrogens (tertiary/aromatic N) is 1. The number of hydrogen-bond acceptors (Lipinski definition) is 4. The Morgan fingerprint density at radius 3 is 2.71 bits per heavy atom. The molecule has 0 spiro atoms. The lowest BCUT2D eigenvalue weighted by Gasteiger charge is -2.30. The predicted octanol–water partition coefficient (Wildman–Crippen LogP) is 2.34. The summed E-state index contributed by atoms with van der Waals surface area (Å²) in [5, 5.41) is 0.396. The number of carbonyl (C=O) groups is 2. The van der Waals surface area contributed by atoms with Gasteiger partial charge in [-0.1, -0.05) is 18.5 Å². The summed E-state index contributed by atoms with van der Waals surface area (Å²) < 4.78 is 5.04. The van der Waals surface area contributed by atoms with Gasteiger partial charge < -0.3 is 15.4 Å². The number of benzene rings is 1. The minimum Gasteiger partial charge on any atom is -0.452 e. The molecular weight excluding hydrogens is 292 g/mol. The lowest BCUT2D eigenvalue weighted by Crippen LogP contribution is -2.40. The van der Waals surface area contributed by atoms with Gasteiger partial charge in [-0.15, -0.1) is 0 Å². The fourth-order valence-electron chi connectivity index (χ4n) is 2.26. The van der Waals surface area contributed by atoms with E-state index >= 15 is 0 Å². The van der Waals surface area contributed by atoms with E-state index < -0.39 is 5.97 Å². The van der Waals surface area contributed by atoms with Crippen LogP contribution in [0.5, 0.6) is 0 Å². The number of ether oxygens (including phenoxy) is 1. The second kappa shape index (κ2) is 6.80. The average molecular weight is 311 g/mol. The number of hydrogen-bond donors (Lipinski definition) is 1. The van der Waals surface area contributed by atoms with Crippen LogP contribution in [0.1, 0.15) is 30.1 Å². The first kappa shape index (κ1) is 15.6. The van der Waals surface area contributed by atoms with E-state index in [2.05, 4.69) is 6.92 Å². The zero-order valence-electron chi connectivity index (χ0n) is 12.0. The first-order valence-electron chi connectivity index (χ1n) is 6.97. The number of nitrogens with two attached hydrogens (primary N) is 1. The van der Waals surface area contributed by atoms with Crippen molar-refractivity contribution < 1.29 is 14.3 Å². The maximum Gasteiger partial charge on any atom is 0.340 e. The smallest absolute Gasteiger partial charge is 0.340 e. The number of rotatable bonds is 3. The molecule has 2 rings (SSSR count). The highest BCUT2D eigenvalue weighted by Gasteiger charge is 2.22. The average Bonchev–Trinajstić information content (AvgIpc) is 2.47. The molecule has 0 aromatic heterocycles. The predicted molar refractivity (Wildman–Crippen MR) is 81.1 cm³/mol. The first-order chi connectivity index (χ1) is 9.97. The lowest BCUT2D eigenvalue weighted by molar-refractivity contribution is -0.135. The van der Waals surface area contributed by atoms with Crippen LogP contribution >= 0.6 is 11.6 Å². The van der Waals surface area contributed by atoms with Crippen molar-refractivity contribution in [3.05, 3.63) is 28.8 Å². The summed E-state index contributed by atoms with van der Waals surface area (Å²) >= 11 is 5.82. The minimum atomic E-state index is -0.631. The minimum absolute atomic E-state index is 0.171. The van der Waals surface area contributed by atoms with Crippen molar-refractivity contribution in [3.63, 3.8) is 0 Å². The van der Waals surface area contributed by atoms with Gasteiger partial charge in [0.1, 0.15) is 0 Å². The highest BCUT2D eigenvalue weighted by Crippen LogP contribution is 2.19. The Labute approximate surface area is 129 Å². The van der Waals surface area contributed by atoms with Crippen LogP contribution < -0.4 is 5.73 Å². The van der Waals surface area contributed by atoms with Crippen LogP contribution in [-0.2, 0) is 9.53 Å². The van der Waals surface area contributed by atoms with Crippen molar-refractivity contribution in [1.29, 1.82) is 0 Å². The molecule has 1 aliphatic heterocycles. The van der Waals surface area contributed by atoms with Crippen molar-refractivity contribution in [3.8, 4) is 0 Å². The molecule has 21 heavy (non-hydrogen) atoms. The maximum absolute atomic E-state index is 12.0. The van der Waals surface area contributed by atoms with E-state index in [9.17, 15) is 9.59 Å². The van der Waals surface area contributed by atoms with E-state index in [1.54, 1.807) is 11.0 Å². The van der Waals surface area contributed by atoms with Crippen molar-refractivity contribution in [1.82, 2.24) is 4.90 Å². The fourth-order valence-corrected chi connectivity index (χ4v) is 2.43. The summed E-state index contributed by atoms with van der Waals surface area (Å²) in [7, 11) is 0. The second-order valence-corrected chi connectivity index (χ2v) is 5.81. The lowest BCUT2D eigenvalue weighted by atomic mass is 9.99. The zero-order valence-corrected chi connectivity index (χ0v) is 12.7. The third-order valence-electron chi connectivity index (χ3n) is 3.70. The van der Waals surface area contributed by atoms with Crippen LogP contribution in [0.15, 0.2) is 18.2 Å². The SMILES string of the molecule is CC1CCN(C(=O)COC(=O)c2cc(Cl)ccc2N)CC1. The van der Waals surface area contributed by atoms with Gasteiger partial charge in [-0.2, -0.15) is 0 Å². The van der Waals surface area contributed by atoms with Crippen molar-refractivity contribution in [2.45, 2.75) is 19.8 Å². The number of amides is 1. The standard InChI is InChI=1S/C15H19ClN2O3/c1-10-4-6-18(7-5-10)14(19)9-21-15(20)12-8-11(16)2-3-13(12)17/h2-3,8,10H,4-7,9,17H2,1H3. The molecule has 1 aliphatic rings. The van der Waals surface area contributed by atoms with Crippen LogP contribution in [0.25, 0.3) is 0 Å². The molecular formula is C15H19ClN2O3. The molecule has 2 N–H and O–H groups in total. The summed E-state index contributed by atoms with van der Waals surface area (Å²) in [6, 6.07) is 4.56. The highest BCUT2D eigenvalue weighted by atomic mass is 35.5. The van der Waals surface area contributed by atoms with Gasteiger partial charge in [0.2, 0.25) is 0 Å². The summed E-state index contributed by atoms with van der Waals surface area (Å²) in [6.45, 7) is 3.34. The van der Waals surface area contributed by atoms with E-state index in [4.69, 9.17) is 22.1 Å². The number of nitrogen functional groups attached to an aromatic ring is 1. The molecule has 1 amide bonds. The van der Waals surface area contributed by atoms with Gasteiger partial charge in [-0.25, -0.2) is 4.79 Å². The van der Waals surface area contributed by atoms with Gasteiger partial charge in [-0.3, -0.25) is 4.79 Å². The molecule has 1 aromatic rings. The Hall–Kier alpha value is -1.75. The fraction of sp³-hybridized carbons (Fsp3) is 0.467. The number of esters is 1. The number of likely N-dealkylation sites (tertiary alicyclic amines) is 1. The Morgan fingerprint density at radius 2 is 2.05 bits per heavy atom. The molecule has 0 bridgehead atoms. The van der Waals surface area contributed by atoms with E-state index in [-0.39, 0.29) is 23.8 Å². The quantitative estimate of drug-likeness (QED) is 0.687. The Bertz CT molecular complexity index is 540. The topological polar surface area (TPSA) is 72.6 Å². The molecule has 114 valence electrons. The van der Waals surface area contributed by atoms with E-state index in [0.717, 1.165) is 25.9 Å². The third kappa shape index (κ3) is 4.11. The molecule has 1 heterocycles. The number of piperidine rings is 1. The van der Waals surface area contributed by atoms with E-state index in [1.807, 2.05) is 0 Å². The van der Waals surface area contributed by atoms with Gasteiger partial charge >= 0.3 is 5.97 Å². The van der Waals surface area contributed by atoms with Crippen LogP contribution in [-0.4, -0.2) is 36.5 Å². The Balaban J connectivity index is 1.89. The largest absolute Gasteiger partial charge is 0.452 e. The van der Waals surface area contributed by atoms with Gasteiger partial charge in [-0.05, 0) is 37.0 Å². The third-order valence-corrected chi connectivity index (χ3v) is 3.93. The molecule has 6 heteroatoms. The monoisotopic (exact) mass is 310 g/mol. The van der Waals surface area contributed by atoms with Crippen molar-refractivity contribution in [2.24, 2.45) is 5.92 Å².